The molecule has 2 aromatic carbocycles. The van der Waals surface area contributed by atoms with Crippen LogP contribution >= 0.6 is 12.2 Å². The summed E-state index contributed by atoms with van der Waals surface area (Å²) in [7, 11) is 0. The first-order valence-corrected chi connectivity index (χ1v) is 7.98. The van der Waals surface area contributed by atoms with Crippen molar-refractivity contribution in [1.29, 1.82) is 5.41 Å². The van der Waals surface area contributed by atoms with Crippen molar-refractivity contribution in [3.63, 3.8) is 0 Å². The molecule has 0 aromatic heterocycles. The predicted molar refractivity (Wildman–Crippen MR) is 97.3 cm³/mol. The number of nitrogens with zero attached hydrogens (tertiary/aromatic N) is 1. The molecule has 3 atom stereocenters. The second-order valence-corrected chi connectivity index (χ2v) is 6.15. The van der Waals surface area contributed by atoms with Gasteiger partial charge in [-0.3, -0.25) is 15.5 Å². The lowest BCUT2D eigenvalue weighted by atomic mass is 9.75. The number of hydrogen-bond donors (Lipinski definition) is 3. The lowest BCUT2D eigenvalue weighted by molar-refractivity contribution is -0.553. The van der Waals surface area contributed by atoms with E-state index in [0.29, 0.717) is 11.1 Å². The van der Waals surface area contributed by atoms with Crippen molar-refractivity contribution >= 4 is 23.1 Å². The van der Waals surface area contributed by atoms with Gasteiger partial charge in [0.15, 0.2) is 0 Å². The largest absolute Gasteiger partial charge is 0.362 e. The van der Waals surface area contributed by atoms with Crippen molar-refractivity contribution in [2.24, 2.45) is 0 Å². The Kier molecular flexibility index (Phi) is 4.46. The van der Waals surface area contributed by atoms with Gasteiger partial charge in [0, 0.05) is 10.5 Å². The molecule has 0 amide bonds. The maximum absolute atomic E-state index is 12.0. The zero-order valence-electron chi connectivity index (χ0n) is 13.0. The molecule has 1 heterocycles. The van der Waals surface area contributed by atoms with Crippen LogP contribution in [-0.4, -0.2) is 26.9 Å². The van der Waals surface area contributed by atoms with Crippen molar-refractivity contribution in [1.82, 2.24) is 5.32 Å². The molecule has 0 spiro atoms. The van der Waals surface area contributed by atoms with Crippen LogP contribution in [0.4, 0.5) is 0 Å². The number of nitrogens with one attached hydrogen (secondary N) is 2. The number of piperidine rings is 1. The van der Waals surface area contributed by atoms with E-state index >= 15 is 0 Å². The lowest BCUT2D eigenvalue weighted by Crippen LogP contribution is -2.63. The van der Waals surface area contributed by atoms with Crippen LogP contribution < -0.4 is 5.32 Å². The molecule has 3 N–H and O–H groups in total. The van der Waals surface area contributed by atoms with Crippen molar-refractivity contribution in [2.45, 2.75) is 17.7 Å². The van der Waals surface area contributed by atoms with Gasteiger partial charge in [-0.15, -0.1) is 0 Å². The first kappa shape index (κ1) is 17.0. The summed E-state index contributed by atoms with van der Waals surface area (Å²) in [6.07, 6.45) is 0. The van der Waals surface area contributed by atoms with Gasteiger partial charge in [0.1, 0.15) is 4.99 Å². The highest BCUT2D eigenvalue weighted by Crippen LogP contribution is 2.41. The third-order valence-corrected chi connectivity index (χ3v) is 4.66. The van der Waals surface area contributed by atoms with Crippen molar-refractivity contribution < 1.29 is 10.0 Å². The fourth-order valence-electron chi connectivity index (χ4n) is 3.21. The highest BCUT2D eigenvalue weighted by molar-refractivity contribution is 7.80. The summed E-state index contributed by atoms with van der Waals surface area (Å²) in [5.41, 5.74) is -0.882. The minimum Gasteiger partial charge on any atom is -0.362 e. The van der Waals surface area contributed by atoms with Gasteiger partial charge < -0.3 is 10.4 Å². The molecule has 2 aromatic rings. The van der Waals surface area contributed by atoms with Crippen LogP contribution in [0.3, 0.4) is 0 Å². The average Bonchev–Trinajstić information content (AvgIpc) is 2.62. The van der Waals surface area contributed by atoms with Crippen LogP contribution in [0.5, 0.6) is 0 Å². The Morgan fingerprint density at radius 1 is 1.16 bits per heavy atom. The fraction of sp³-hybridized carbons (Fsp3) is 0.167. The van der Waals surface area contributed by atoms with Crippen LogP contribution in [0.25, 0.3) is 0 Å². The SMILES string of the molecule is N=C=C1C(=S)NC(O)(c2ccccc2)[C@H]([N+](=O)[O-])[C@H]1c1ccccc1. The summed E-state index contributed by atoms with van der Waals surface area (Å²) >= 11 is 5.28. The minimum atomic E-state index is -2.00. The standard InChI is InChI=1S/C18H15N3O3S/c19-11-14-15(12-7-3-1-4-8-12)16(21(23)24)18(22,20-17(14)25)13-9-5-2-6-10-13/h1-10,15-16,19,22H,(H,20,25)/t15-,16+,18?/m0/s1. The number of benzene rings is 2. The number of thiocarbonyl (C=S) groups is 1. The summed E-state index contributed by atoms with van der Waals surface area (Å²) in [5, 5.41) is 33.4. The zero-order chi connectivity index (χ0) is 18.0. The predicted octanol–water partition coefficient (Wildman–Crippen LogP) is 2.37. The second-order valence-electron chi connectivity index (χ2n) is 5.74. The molecule has 3 rings (SSSR count). The van der Waals surface area contributed by atoms with E-state index in [-0.39, 0.29) is 10.6 Å². The van der Waals surface area contributed by atoms with Crippen LogP contribution in [0.15, 0.2) is 66.2 Å². The van der Waals surface area contributed by atoms with Crippen LogP contribution in [-0.2, 0) is 5.72 Å². The van der Waals surface area contributed by atoms with E-state index in [1.807, 2.05) is 0 Å². The molecular formula is C18H15N3O3S. The molecule has 7 heteroatoms. The summed E-state index contributed by atoms with van der Waals surface area (Å²) in [5.74, 6) is 1.33. The highest BCUT2D eigenvalue weighted by Gasteiger charge is 2.58. The topological polar surface area (TPSA) is 99.2 Å². The highest BCUT2D eigenvalue weighted by atomic mass is 32.1. The third-order valence-electron chi connectivity index (χ3n) is 4.34. The normalized spacial score (nSPS) is 25.8. The smallest absolute Gasteiger partial charge is 0.275 e. The summed E-state index contributed by atoms with van der Waals surface area (Å²) in [4.78, 5) is 11.5. The van der Waals surface area contributed by atoms with Gasteiger partial charge in [-0.2, -0.15) is 0 Å². The molecule has 1 aliphatic heterocycles. The summed E-state index contributed by atoms with van der Waals surface area (Å²) in [6, 6.07) is 15.6. The molecular weight excluding hydrogens is 338 g/mol. The van der Waals surface area contributed by atoms with E-state index in [9.17, 15) is 15.2 Å². The Bertz CT molecular complexity index is 866. The molecule has 126 valence electrons. The molecule has 1 fully saturated rings. The average molecular weight is 353 g/mol. The Morgan fingerprint density at radius 3 is 2.24 bits per heavy atom. The van der Waals surface area contributed by atoms with Crippen LogP contribution in [0, 0.1) is 15.5 Å². The molecule has 25 heavy (non-hydrogen) atoms. The van der Waals surface area contributed by atoms with E-state index in [1.165, 1.54) is 0 Å². The Hall–Kier alpha value is -2.86. The van der Waals surface area contributed by atoms with E-state index in [0.717, 1.165) is 0 Å². The van der Waals surface area contributed by atoms with Crippen molar-refractivity contribution in [3.8, 4) is 0 Å². The number of hydrogen-bond acceptors (Lipinski definition) is 5. The molecule has 1 saturated heterocycles. The van der Waals surface area contributed by atoms with Gasteiger partial charge in [0.25, 0.3) is 6.04 Å². The van der Waals surface area contributed by atoms with Gasteiger partial charge >= 0.3 is 0 Å². The molecule has 1 unspecified atom stereocenters. The van der Waals surface area contributed by atoms with Crippen LogP contribution in [0.2, 0.25) is 0 Å². The number of aliphatic hydroxyl groups is 1. The fourth-order valence-corrected chi connectivity index (χ4v) is 3.54. The molecule has 6 nitrogen and oxygen atoms in total. The molecule has 0 aliphatic carbocycles. The van der Waals surface area contributed by atoms with Crippen molar-refractivity contribution in [3.05, 3.63) is 87.5 Å². The summed E-state index contributed by atoms with van der Waals surface area (Å²) < 4.78 is 0. The maximum atomic E-state index is 12.0. The van der Waals surface area contributed by atoms with E-state index in [1.54, 1.807) is 60.7 Å². The first-order valence-electron chi connectivity index (χ1n) is 7.57. The van der Waals surface area contributed by atoms with Crippen LogP contribution in [0.1, 0.15) is 17.0 Å². The number of nitro groups is 1. The molecule has 0 radical (unpaired) electrons. The Morgan fingerprint density at radius 2 is 1.72 bits per heavy atom. The first-order chi connectivity index (χ1) is 12.0. The second kappa shape index (κ2) is 6.57. The number of rotatable bonds is 3. The molecule has 0 bridgehead atoms. The van der Waals surface area contributed by atoms with Crippen molar-refractivity contribution in [2.75, 3.05) is 0 Å². The lowest BCUT2D eigenvalue weighted by Gasteiger charge is -2.41. The summed E-state index contributed by atoms with van der Waals surface area (Å²) in [6.45, 7) is 0. The maximum Gasteiger partial charge on any atom is 0.275 e. The third kappa shape index (κ3) is 2.85. The zero-order valence-corrected chi connectivity index (χ0v) is 13.9. The van der Waals surface area contributed by atoms with Gasteiger partial charge in [-0.05, 0) is 11.4 Å². The Balaban J connectivity index is 2.24. The monoisotopic (exact) mass is 353 g/mol. The van der Waals surface area contributed by atoms with Gasteiger partial charge in [-0.25, -0.2) is 0 Å². The van der Waals surface area contributed by atoms with Gasteiger partial charge in [0.2, 0.25) is 5.72 Å². The van der Waals surface area contributed by atoms with E-state index < -0.39 is 22.6 Å². The van der Waals surface area contributed by atoms with E-state index in [4.69, 9.17) is 17.6 Å². The Labute approximate surface area is 149 Å². The molecule has 1 aliphatic rings. The van der Waals surface area contributed by atoms with E-state index in [2.05, 4.69) is 11.2 Å². The molecule has 0 saturated carbocycles. The van der Waals surface area contributed by atoms with Gasteiger partial charge in [0.05, 0.1) is 11.5 Å². The van der Waals surface area contributed by atoms with Gasteiger partial charge in [-0.1, -0.05) is 72.9 Å². The minimum absolute atomic E-state index is 0.0771. The quantitative estimate of drug-likeness (QED) is 0.259.